The SMILES string of the molecule is COc1ccc(Br)c([C]=O)c1. The molecular weight excluding hydrogens is 208 g/mol. The van der Waals surface area contributed by atoms with Crippen molar-refractivity contribution in [1.82, 2.24) is 0 Å². The van der Waals surface area contributed by atoms with Gasteiger partial charge in [0.2, 0.25) is 6.29 Å². The molecule has 0 saturated heterocycles. The van der Waals surface area contributed by atoms with Gasteiger partial charge < -0.3 is 4.74 Å². The topological polar surface area (TPSA) is 26.3 Å². The smallest absolute Gasteiger partial charge is 0.234 e. The van der Waals surface area contributed by atoms with E-state index in [1.165, 1.54) is 0 Å². The molecule has 0 aliphatic carbocycles. The summed E-state index contributed by atoms with van der Waals surface area (Å²) in [4.78, 5) is 10.3. The second kappa shape index (κ2) is 3.53. The van der Waals surface area contributed by atoms with Crippen LogP contribution in [-0.4, -0.2) is 13.4 Å². The molecule has 1 rings (SSSR count). The summed E-state index contributed by atoms with van der Waals surface area (Å²) in [6.07, 6.45) is 1.79. The second-order valence-electron chi connectivity index (χ2n) is 1.95. The van der Waals surface area contributed by atoms with Crippen molar-refractivity contribution in [3.8, 4) is 5.75 Å². The van der Waals surface area contributed by atoms with Crippen molar-refractivity contribution in [3.63, 3.8) is 0 Å². The number of benzene rings is 1. The maximum absolute atomic E-state index is 10.3. The normalized spacial score (nSPS) is 9.27. The van der Waals surface area contributed by atoms with Crippen LogP contribution in [0.3, 0.4) is 0 Å². The van der Waals surface area contributed by atoms with Gasteiger partial charge in [0.25, 0.3) is 0 Å². The van der Waals surface area contributed by atoms with Gasteiger partial charge in [-0.05, 0) is 18.2 Å². The van der Waals surface area contributed by atoms with Gasteiger partial charge in [-0.15, -0.1) is 0 Å². The first-order valence-corrected chi connectivity index (χ1v) is 3.79. The number of hydrogen-bond donors (Lipinski definition) is 0. The quantitative estimate of drug-likeness (QED) is 0.751. The van der Waals surface area contributed by atoms with E-state index in [4.69, 9.17) is 4.74 Å². The largest absolute Gasteiger partial charge is 0.497 e. The number of halogens is 1. The first kappa shape index (κ1) is 8.27. The van der Waals surface area contributed by atoms with E-state index in [1.54, 1.807) is 31.6 Å². The van der Waals surface area contributed by atoms with Crippen LogP contribution < -0.4 is 4.74 Å². The van der Waals surface area contributed by atoms with E-state index in [0.29, 0.717) is 11.3 Å². The number of rotatable bonds is 2. The molecule has 0 heterocycles. The lowest BCUT2D eigenvalue weighted by Gasteiger charge is -2.00. The lowest BCUT2D eigenvalue weighted by molar-refractivity contribution is 0.414. The highest BCUT2D eigenvalue weighted by Gasteiger charge is 2.00. The summed E-state index contributed by atoms with van der Waals surface area (Å²) in [5, 5.41) is 0. The van der Waals surface area contributed by atoms with Crippen molar-refractivity contribution in [3.05, 3.63) is 28.2 Å². The molecule has 0 N–H and O–H groups in total. The molecule has 0 fully saturated rings. The molecular formula is C8H6BrO2. The maximum atomic E-state index is 10.3. The molecule has 0 aliphatic rings. The molecule has 0 unspecified atom stereocenters. The van der Waals surface area contributed by atoms with Crippen molar-refractivity contribution in [2.75, 3.05) is 7.11 Å². The van der Waals surface area contributed by atoms with Gasteiger partial charge in [-0.2, -0.15) is 0 Å². The van der Waals surface area contributed by atoms with Crippen LogP contribution in [0.4, 0.5) is 0 Å². The molecule has 0 atom stereocenters. The van der Waals surface area contributed by atoms with Crippen LogP contribution in [0, 0.1) is 0 Å². The summed E-state index contributed by atoms with van der Waals surface area (Å²) < 4.78 is 5.64. The summed E-state index contributed by atoms with van der Waals surface area (Å²) >= 11 is 3.20. The summed E-state index contributed by atoms with van der Waals surface area (Å²) in [5.41, 5.74) is 0.476. The Kier molecular flexibility index (Phi) is 2.65. The van der Waals surface area contributed by atoms with Crippen molar-refractivity contribution in [2.24, 2.45) is 0 Å². The van der Waals surface area contributed by atoms with Crippen LogP contribution in [0.1, 0.15) is 5.56 Å². The third kappa shape index (κ3) is 1.80. The molecule has 0 spiro atoms. The van der Waals surface area contributed by atoms with Gasteiger partial charge in [-0.1, -0.05) is 15.9 Å². The third-order valence-corrected chi connectivity index (χ3v) is 1.97. The maximum Gasteiger partial charge on any atom is 0.234 e. The standard InChI is InChI=1S/C8H6BrO2/c1-11-7-2-3-8(9)6(4-7)5-10/h2-4H,1H3. The minimum absolute atomic E-state index is 0.476. The van der Waals surface area contributed by atoms with Gasteiger partial charge in [-0.25, -0.2) is 0 Å². The predicted octanol–water partition coefficient (Wildman–Crippen LogP) is 1.92. The van der Waals surface area contributed by atoms with E-state index in [-0.39, 0.29) is 0 Å². The predicted molar refractivity (Wildman–Crippen MR) is 45.5 cm³/mol. The molecule has 0 amide bonds. The molecule has 57 valence electrons. The molecule has 1 radical (unpaired) electrons. The molecule has 0 saturated carbocycles. The van der Waals surface area contributed by atoms with E-state index >= 15 is 0 Å². The van der Waals surface area contributed by atoms with E-state index < -0.39 is 0 Å². The van der Waals surface area contributed by atoms with Crippen LogP contribution in [0.15, 0.2) is 22.7 Å². The number of carbonyl (C=O) groups excluding carboxylic acids is 1. The van der Waals surface area contributed by atoms with Crippen LogP contribution in [0.25, 0.3) is 0 Å². The van der Waals surface area contributed by atoms with Gasteiger partial charge >= 0.3 is 0 Å². The summed E-state index contributed by atoms with van der Waals surface area (Å²) in [5.74, 6) is 0.659. The van der Waals surface area contributed by atoms with Gasteiger partial charge in [-0.3, -0.25) is 4.79 Å². The highest BCUT2D eigenvalue weighted by molar-refractivity contribution is 9.10. The van der Waals surface area contributed by atoms with Gasteiger partial charge in [0.15, 0.2) is 0 Å². The summed E-state index contributed by atoms with van der Waals surface area (Å²) in [6, 6.07) is 5.14. The van der Waals surface area contributed by atoms with Crippen molar-refractivity contribution < 1.29 is 9.53 Å². The van der Waals surface area contributed by atoms with Gasteiger partial charge in [0.1, 0.15) is 5.75 Å². The van der Waals surface area contributed by atoms with Crippen LogP contribution in [0.2, 0.25) is 0 Å². The molecule has 1 aromatic rings. The van der Waals surface area contributed by atoms with E-state index in [1.807, 2.05) is 0 Å². The molecule has 2 nitrogen and oxygen atoms in total. The third-order valence-electron chi connectivity index (χ3n) is 1.28. The number of hydrogen-bond acceptors (Lipinski definition) is 2. The van der Waals surface area contributed by atoms with Crippen molar-refractivity contribution in [2.45, 2.75) is 0 Å². The molecule has 3 heteroatoms. The zero-order valence-corrected chi connectivity index (χ0v) is 7.51. The first-order chi connectivity index (χ1) is 5.27. The van der Waals surface area contributed by atoms with Gasteiger partial charge in [0.05, 0.1) is 7.11 Å². The first-order valence-electron chi connectivity index (χ1n) is 2.99. The fourth-order valence-corrected chi connectivity index (χ4v) is 1.04. The van der Waals surface area contributed by atoms with Gasteiger partial charge in [0, 0.05) is 10.0 Å². The van der Waals surface area contributed by atoms with Crippen molar-refractivity contribution in [1.29, 1.82) is 0 Å². The zero-order chi connectivity index (χ0) is 8.27. The summed E-state index contributed by atoms with van der Waals surface area (Å²) in [7, 11) is 1.55. The van der Waals surface area contributed by atoms with Crippen LogP contribution >= 0.6 is 15.9 Å². The minimum atomic E-state index is 0.476. The van der Waals surface area contributed by atoms with Crippen LogP contribution in [-0.2, 0) is 4.79 Å². The minimum Gasteiger partial charge on any atom is -0.497 e. The summed E-state index contributed by atoms with van der Waals surface area (Å²) in [6.45, 7) is 0. The Morgan fingerprint density at radius 2 is 2.27 bits per heavy atom. The Hall–Kier alpha value is -0.830. The lowest BCUT2D eigenvalue weighted by Crippen LogP contribution is -1.86. The fourth-order valence-electron chi connectivity index (χ4n) is 0.710. The number of methoxy groups -OCH3 is 1. The molecule has 1 aromatic carbocycles. The molecule has 0 bridgehead atoms. The van der Waals surface area contributed by atoms with E-state index in [0.717, 1.165) is 4.47 Å². The Morgan fingerprint density at radius 1 is 1.55 bits per heavy atom. The Bertz CT molecular complexity index is 271. The monoisotopic (exact) mass is 213 g/mol. The Morgan fingerprint density at radius 3 is 2.82 bits per heavy atom. The zero-order valence-electron chi connectivity index (χ0n) is 5.93. The van der Waals surface area contributed by atoms with E-state index in [2.05, 4.69) is 15.9 Å². The molecule has 0 aliphatic heterocycles. The Labute approximate surface area is 73.3 Å². The van der Waals surface area contributed by atoms with Crippen molar-refractivity contribution >= 4 is 22.2 Å². The lowest BCUT2D eigenvalue weighted by atomic mass is 10.2. The Balaban J connectivity index is 3.12. The van der Waals surface area contributed by atoms with E-state index in [9.17, 15) is 4.79 Å². The average Bonchev–Trinajstić information content (AvgIpc) is 2.05. The number of ether oxygens (including phenoxy) is 1. The molecule has 0 aromatic heterocycles. The average molecular weight is 214 g/mol. The fraction of sp³-hybridized carbons (Fsp3) is 0.125. The van der Waals surface area contributed by atoms with Crippen LogP contribution in [0.5, 0.6) is 5.75 Å². The highest BCUT2D eigenvalue weighted by atomic mass is 79.9. The second-order valence-corrected chi connectivity index (χ2v) is 2.80. The highest BCUT2D eigenvalue weighted by Crippen LogP contribution is 2.20. The molecule has 11 heavy (non-hydrogen) atoms.